The smallest absolute Gasteiger partial charge is 0.321 e. The van der Waals surface area contributed by atoms with Gasteiger partial charge in [-0.3, -0.25) is 0 Å². The summed E-state index contributed by atoms with van der Waals surface area (Å²) in [5.74, 6) is 0.768. The maximum Gasteiger partial charge on any atom is 0.321 e. The number of benzene rings is 1. The number of rotatable bonds is 2. The number of hydrogen-bond acceptors (Lipinski definition) is 5. The molecule has 0 radical (unpaired) electrons. The van der Waals surface area contributed by atoms with Crippen molar-refractivity contribution in [3.05, 3.63) is 47.9 Å². The number of nitrogens with zero attached hydrogens (tertiary/aromatic N) is 6. The SMILES string of the molecule is Cc1ccccc1NC(=O)N1CCN(c2cnn3c(C)nnc3c2)CC1. The number of fused-ring (bicyclic) bond motifs is 1. The highest BCUT2D eigenvalue weighted by molar-refractivity contribution is 5.90. The molecule has 1 aromatic carbocycles. The fourth-order valence-corrected chi connectivity index (χ4v) is 3.14. The fourth-order valence-electron chi connectivity index (χ4n) is 3.14. The molecule has 3 heterocycles. The number of carbonyl (C=O) groups is 1. The third-order valence-electron chi connectivity index (χ3n) is 4.72. The average molecular weight is 351 g/mol. The Kier molecular flexibility index (Phi) is 4.16. The molecule has 1 saturated heterocycles. The normalized spacial score (nSPS) is 14.7. The lowest BCUT2D eigenvalue weighted by atomic mass is 10.2. The van der Waals surface area contributed by atoms with E-state index >= 15 is 0 Å². The standard InChI is InChI=1S/C18H21N7O/c1-13-5-3-4-6-16(13)20-18(26)24-9-7-23(8-10-24)15-11-17-22-21-14(2)25(17)19-12-15/h3-6,11-12H,7-10H2,1-2H3,(H,20,26). The van der Waals surface area contributed by atoms with Crippen LogP contribution in [-0.2, 0) is 0 Å². The monoisotopic (exact) mass is 351 g/mol. The summed E-state index contributed by atoms with van der Waals surface area (Å²) in [4.78, 5) is 16.6. The van der Waals surface area contributed by atoms with Gasteiger partial charge < -0.3 is 15.1 Å². The van der Waals surface area contributed by atoms with Crippen LogP contribution < -0.4 is 10.2 Å². The first-order valence-corrected chi connectivity index (χ1v) is 8.66. The minimum Gasteiger partial charge on any atom is -0.367 e. The molecule has 26 heavy (non-hydrogen) atoms. The predicted octanol–water partition coefficient (Wildman–Crippen LogP) is 2.10. The molecule has 2 aromatic heterocycles. The highest BCUT2D eigenvalue weighted by atomic mass is 16.2. The van der Waals surface area contributed by atoms with Crippen LogP contribution in [0.2, 0.25) is 0 Å². The van der Waals surface area contributed by atoms with Crippen molar-refractivity contribution in [2.45, 2.75) is 13.8 Å². The summed E-state index contributed by atoms with van der Waals surface area (Å²) in [5, 5.41) is 15.5. The Bertz CT molecular complexity index is 944. The molecule has 8 nitrogen and oxygen atoms in total. The highest BCUT2D eigenvalue weighted by Gasteiger charge is 2.22. The average Bonchev–Trinajstić information content (AvgIpc) is 3.04. The van der Waals surface area contributed by atoms with Crippen LogP contribution in [0.15, 0.2) is 36.5 Å². The summed E-state index contributed by atoms with van der Waals surface area (Å²) in [5.41, 5.74) is 3.66. The van der Waals surface area contributed by atoms with E-state index in [2.05, 4.69) is 25.5 Å². The highest BCUT2D eigenvalue weighted by Crippen LogP contribution is 2.18. The van der Waals surface area contributed by atoms with Crippen LogP contribution in [0, 0.1) is 13.8 Å². The Morgan fingerprint density at radius 2 is 1.85 bits per heavy atom. The van der Waals surface area contributed by atoms with Crippen molar-refractivity contribution in [2.75, 3.05) is 36.4 Å². The maximum absolute atomic E-state index is 12.5. The molecule has 0 bridgehead atoms. The van der Waals surface area contributed by atoms with Gasteiger partial charge in [-0.1, -0.05) is 18.2 Å². The Balaban J connectivity index is 1.40. The summed E-state index contributed by atoms with van der Waals surface area (Å²) < 4.78 is 1.72. The third-order valence-corrected chi connectivity index (χ3v) is 4.72. The number of carbonyl (C=O) groups excluding carboxylic acids is 1. The molecule has 4 rings (SSSR count). The molecule has 1 aliphatic heterocycles. The largest absolute Gasteiger partial charge is 0.367 e. The van der Waals surface area contributed by atoms with Crippen LogP contribution in [0.5, 0.6) is 0 Å². The van der Waals surface area contributed by atoms with Crippen molar-refractivity contribution in [3.8, 4) is 0 Å². The van der Waals surface area contributed by atoms with Crippen LogP contribution in [-0.4, -0.2) is 56.9 Å². The molecular weight excluding hydrogens is 330 g/mol. The number of piperazine rings is 1. The van der Waals surface area contributed by atoms with E-state index in [1.807, 2.05) is 55.3 Å². The van der Waals surface area contributed by atoms with E-state index in [-0.39, 0.29) is 6.03 Å². The van der Waals surface area contributed by atoms with E-state index in [1.165, 1.54) is 0 Å². The van der Waals surface area contributed by atoms with E-state index in [4.69, 9.17) is 0 Å². The Labute approximate surface area is 151 Å². The van der Waals surface area contributed by atoms with E-state index in [1.54, 1.807) is 4.52 Å². The van der Waals surface area contributed by atoms with Crippen molar-refractivity contribution in [1.82, 2.24) is 24.7 Å². The van der Waals surface area contributed by atoms with Gasteiger partial charge in [-0.25, -0.2) is 4.79 Å². The second-order valence-electron chi connectivity index (χ2n) is 6.45. The zero-order valence-electron chi connectivity index (χ0n) is 14.9. The molecule has 1 N–H and O–H groups in total. The van der Waals surface area contributed by atoms with Crippen LogP contribution in [0.3, 0.4) is 0 Å². The van der Waals surface area contributed by atoms with Crippen molar-refractivity contribution in [2.24, 2.45) is 0 Å². The van der Waals surface area contributed by atoms with Gasteiger partial charge in [0.2, 0.25) is 0 Å². The summed E-state index contributed by atoms with van der Waals surface area (Å²) in [6.07, 6.45) is 1.83. The molecule has 1 fully saturated rings. The van der Waals surface area contributed by atoms with Crippen LogP contribution in [0.25, 0.3) is 5.65 Å². The number of aromatic nitrogens is 4. The number of amides is 2. The molecular formula is C18H21N7O. The molecule has 0 saturated carbocycles. The lowest BCUT2D eigenvalue weighted by molar-refractivity contribution is 0.208. The van der Waals surface area contributed by atoms with Gasteiger partial charge in [-0.2, -0.15) is 9.61 Å². The Hall–Kier alpha value is -3.16. The van der Waals surface area contributed by atoms with Crippen molar-refractivity contribution in [1.29, 1.82) is 0 Å². The molecule has 1 aliphatic rings. The van der Waals surface area contributed by atoms with Gasteiger partial charge in [0.05, 0.1) is 11.9 Å². The second kappa shape index (κ2) is 6.62. The van der Waals surface area contributed by atoms with Crippen LogP contribution >= 0.6 is 0 Å². The lowest BCUT2D eigenvalue weighted by Crippen LogP contribution is -2.50. The molecule has 2 amide bonds. The van der Waals surface area contributed by atoms with Crippen molar-refractivity contribution >= 4 is 23.1 Å². The zero-order chi connectivity index (χ0) is 18.1. The first-order valence-electron chi connectivity index (χ1n) is 8.66. The van der Waals surface area contributed by atoms with Gasteiger partial charge in [0, 0.05) is 37.9 Å². The molecule has 3 aromatic rings. The quantitative estimate of drug-likeness (QED) is 0.765. The fraction of sp³-hybridized carbons (Fsp3) is 0.333. The van der Waals surface area contributed by atoms with Gasteiger partial charge in [0.15, 0.2) is 11.5 Å². The Morgan fingerprint density at radius 3 is 2.62 bits per heavy atom. The van der Waals surface area contributed by atoms with E-state index < -0.39 is 0 Å². The van der Waals surface area contributed by atoms with Gasteiger partial charge in [-0.15, -0.1) is 10.2 Å². The lowest BCUT2D eigenvalue weighted by Gasteiger charge is -2.35. The van der Waals surface area contributed by atoms with Gasteiger partial charge in [-0.05, 0) is 25.5 Å². The van der Waals surface area contributed by atoms with Crippen LogP contribution in [0.1, 0.15) is 11.4 Å². The van der Waals surface area contributed by atoms with Crippen molar-refractivity contribution in [3.63, 3.8) is 0 Å². The van der Waals surface area contributed by atoms with Gasteiger partial charge in [0.1, 0.15) is 0 Å². The van der Waals surface area contributed by atoms with Gasteiger partial charge in [0.25, 0.3) is 0 Å². The maximum atomic E-state index is 12.5. The summed E-state index contributed by atoms with van der Waals surface area (Å²) in [6, 6.07) is 9.73. The summed E-state index contributed by atoms with van der Waals surface area (Å²) in [7, 11) is 0. The number of nitrogens with one attached hydrogen (secondary N) is 1. The predicted molar refractivity (Wildman–Crippen MR) is 99.5 cm³/mol. The number of aryl methyl sites for hydroxylation is 2. The zero-order valence-corrected chi connectivity index (χ0v) is 14.9. The topological polar surface area (TPSA) is 78.7 Å². The van der Waals surface area contributed by atoms with E-state index in [9.17, 15) is 4.79 Å². The van der Waals surface area contributed by atoms with E-state index in [0.29, 0.717) is 13.1 Å². The molecule has 8 heteroatoms. The molecule has 0 aliphatic carbocycles. The molecule has 0 spiro atoms. The van der Waals surface area contributed by atoms with Crippen molar-refractivity contribution < 1.29 is 4.79 Å². The molecule has 134 valence electrons. The minimum atomic E-state index is -0.0550. The number of urea groups is 1. The minimum absolute atomic E-state index is 0.0550. The summed E-state index contributed by atoms with van der Waals surface area (Å²) in [6.45, 7) is 6.70. The summed E-state index contributed by atoms with van der Waals surface area (Å²) >= 11 is 0. The van der Waals surface area contributed by atoms with Gasteiger partial charge >= 0.3 is 6.03 Å². The first kappa shape index (κ1) is 16.3. The first-order chi connectivity index (χ1) is 12.6. The number of para-hydroxylation sites is 1. The van der Waals surface area contributed by atoms with E-state index in [0.717, 1.165) is 41.5 Å². The Morgan fingerprint density at radius 1 is 1.08 bits per heavy atom. The number of anilines is 2. The second-order valence-corrected chi connectivity index (χ2v) is 6.45. The number of hydrogen-bond donors (Lipinski definition) is 1. The molecule has 0 unspecified atom stereocenters. The molecule has 0 atom stereocenters. The third kappa shape index (κ3) is 3.05. The van der Waals surface area contributed by atoms with Crippen LogP contribution in [0.4, 0.5) is 16.2 Å².